The summed E-state index contributed by atoms with van der Waals surface area (Å²) in [6.07, 6.45) is 5.62. The predicted molar refractivity (Wildman–Crippen MR) is 181 cm³/mol. The summed E-state index contributed by atoms with van der Waals surface area (Å²) in [5.74, 6) is 0.279. The number of anilines is 1. The number of nitrogens with one attached hydrogen (secondary N) is 1. The van der Waals surface area contributed by atoms with Gasteiger partial charge in [0, 0.05) is 48.6 Å². The third-order valence-corrected chi connectivity index (χ3v) is 10.0. The summed E-state index contributed by atoms with van der Waals surface area (Å²) < 4.78 is 38.3. The van der Waals surface area contributed by atoms with Gasteiger partial charge in [-0.1, -0.05) is 59.1 Å². The molecule has 10 nitrogen and oxygen atoms in total. The van der Waals surface area contributed by atoms with Gasteiger partial charge in [0.25, 0.3) is 16.0 Å². The van der Waals surface area contributed by atoms with Gasteiger partial charge in [-0.25, -0.2) is 0 Å². The van der Waals surface area contributed by atoms with Gasteiger partial charge in [-0.15, -0.1) is 0 Å². The van der Waals surface area contributed by atoms with E-state index in [1.54, 1.807) is 28.9 Å². The lowest BCUT2D eigenvalue weighted by Gasteiger charge is -2.30. The Labute approximate surface area is 287 Å². The quantitative estimate of drug-likeness (QED) is 0.0974. The van der Waals surface area contributed by atoms with E-state index in [1.165, 1.54) is 11.6 Å². The van der Waals surface area contributed by atoms with Crippen molar-refractivity contribution in [2.45, 2.75) is 31.7 Å². The standard InChI is InChI=1S/C33H31Cl3N4O6S/c34-26-14-28(36)30(15-27(26)35)46-10-3-8-31(41)40-19-22-13-25(22)32-24(6-2-7-29(32)40)23-16-38-39(18-23)17-20-4-1-5-21(12-20)33(42)37-9-11-47(43,44)45/h1-2,4-7,12,14-16,18,22,25H,3,8-11,13,17,19H2,(H,37,42)(H,43,44,45)/t22-,25-/m0/s1. The van der Waals surface area contributed by atoms with Crippen LogP contribution in [0.1, 0.15) is 46.7 Å². The molecule has 0 bridgehead atoms. The molecule has 1 aliphatic heterocycles. The Morgan fingerprint density at radius 1 is 1.04 bits per heavy atom. The molecule has 14 heteroatoms. The van der Waals surface area contributed by atoms with E-state index >= 15 is 0 Å². The largest absolute Gasteiger partial charge is 0.492 e. The minimum Gasteiger partial charge on any atom is -0.492 e. The molecule has 4 aromatic rings. The molecule has 6 rings (SSSR count). The molecular formula is C33H31Cl3N4O6S. The first kappa shape index (κ1) is 33.3. The van der Waals surface area contributed by atoms with Crippen molar-refractivity contribution in [2.75, 3.05) is 30.3 Å². The summed E-state index contributed by atoms with van der Waals surface area (Å²) in [5, 5.41) is 8.13. The molecular weight excluding hydrogens is 687 g/mol. The minimum absolute atomic E-state index is 0.0372. The van der Waals surface area contributed by atoms with Crippen molar-refractivity contribution in [1.29, 1.82) is 0 Å². The first-order chi connectivity index (χ1) is 22.5. The number of fused-ring (bicyclic) bond motifs is 3. The lowest BCUT2D eigenvalue weighted by atomic mass is 9.92. The zero-order valence-electron chi connectivity index (χ0n) is 25.0. The highest BCUT2D eigenvalue weighted by atomic mass is 35.5. The number of aromatic nitrogens is 2. The van der Waals surface area contributed by atoms with E-state index in [2.05, 4.69) is 16.5 Å². The topological polar surface area (TPSA) is 131 Å². The molecule has 2 heterocycles. The Hall–Kier alpha value is -3.61. The number of hydrogen-bond acceptors (Lipinski definition) is 6. The molecule has 2 atom stereocenters. The number of carbonyl (C=O) groups excluding carboxylic acids is 2. The number of rotatable bonds is 12. The Morgan fingerprint density at radius 3 is 2.64 bits per heavy atom. The summed E-state index contributed by atoms with van der Waals surface area (Å²) in [6.45, 7) is 1.21. The van der Waals surface area contributed by atoms with Crippen LogP contribution in [0.3, 0.4) is 0 Å². The van der Waals surface area contributed by atoms with Gasteiger partial charge in [0.05, 0.1) is 40.2 Å². The van der Waals surface area contributed by atoms with E-state index in [-0.39, 0.29) is 12.5 Å². The van der Waals surface area contributed by atoms with Gasteiger partial charge in [-0.05, 0) is 65.6 Å². The Morgan fingerprint density at radius 2 is 1.83 bits per heavy atom. The van der Waals surface area contributed by atoms with E-state index in [9.17, 15) is 18.0 Å². The van der Waals surface area contributed by atoms with Gasteiger partial charge in [0.15, 0.2) is 0 Å². The van der Waals surface area contributed by atoms with Crippen LogP contribution in [0.2, 0.25) is 15.1 Å². The summed E-state index contributed by atoms with van der Waals surface area (Å²) in [7, 11) is -4.16. The van der Waals surface area contributed by atoms with E-state index in [0.717, 1.165) is 28.8 Å². The van der Waals surface area contributed by atoms with Crippen LogP contribution < -0.4 is 15.0 Å². The van der Waals surface area contributed by atoms with E-state index in [0.29, 0.717) is 70.8 Å². The van der Waals surface area contributed by atoms with Gasteiger partial charge >= 0.3 is 0 Å². The summed E-state index contributed by atoms with van der Waals surface area (Å²) >= 11 is 18.3. The van der Waals surface area contributed by atoms with Gasteiger partial charge in [-0.2, -0.15) is 13.5 Å². The van der Waals surface area contributed by atoms with Crippen molar-refractivity contribution in [2.24, 2.45) is 5.92 Å². The Kier molecular flexibility index (Phi) is 9.82. The molecule has 2 N–H and O–H groups in total. The van der Waals surface area contributed by atoms with Gasteiger partial charge in [-0.3, -0.25) is 18.8 Å². The molecule has 2 aliphatic rings. The fraction of sp³-hybridized carbons (Fsp3) is 0.303. The monoisotopic (exact) mass is 716 g/mol. The average molecular weight is 718 g/mol. The maximum Gasteiger partial charge on any atom is 0.266 e. The van der Waals surface area contributed by atoms with Crippen LogP contribution in [0.15, 0.2) is 67.0 Å². The smallest absolute Gasteiger partial charge is 0.266 e. The second-order valence-corrected chi connectivity index (χ2v) is 14.5. The van der Waals surface area contributed by atoms with Crippen LogP contribution in [-0.4, -0.2) is 60.0 Å². The first-order valence-electron chi connectivity index (χ1n) is 15.0. The number of benzene rings is 3. The highest BCUT2D eigenvalue weighted by Gasteiger charge is 2.47. The minimum atomic E-state index is -4.16. The number of halogens is 3. The zero-order valence-corrected chi connectivity index (χ0v) is 28.1. The molecule has 47 heavy (non-hydrogen) atoms. The van der Waals surface area contributed by atoms with E-state index in [1.807, 2.05) is 35.5 Å². The highest BCUT2D eigenvalue weighted by molar-refractivity contribution is 7.85. The summed E-state index contributed by atoms with van der Waals surface area (Å²) in [4.78, 5) is 27.8. The third-order valence-electron chi connectivity index (χ3n) is 8.28. The lowest BCUT2D eigenvalue weighted by molar-refractivity contribution is -0.119. The van der Waals surface area contributed by atoms with Crippen LogP contribution in [0.25, 0.3) is 11.1 Å². The van der Waals surface area contributed by atoms with Crippen LogP contribution in [0, 0.1) is 5.92 Å². The van der Waals surface area contributed by atoms with Crippen molar-refractivity contribution >= 4 is 62.4 Å². The summed E-state index contributed by atoms with van der Waals surface area (Å²) in [5.41, 5.74) is 5.29. The van der Waals surface area contributed by atoms with Crippen LogP contribution >= 0.6 is 34.8 Å². The first-order valence-corrected chi connectivity index (χ1v) is 17.8. The van der Waals surface area contributed by atoms with Crippen LogP contribution in [0.4, 0.5) is 5.69 Å². The van der Waals surface area contributed by atoms with Crippen molar-refractivity contribution in [3.05, 3.63) is 98.7 Å². The maximum atomic E-state index is 13.5. The van der Waals surface area contributed by atoms with Crippen LogP contribution in [-0.2, 0) is 21.5 Å². The fourth-order valence-electron chi connectivity index (χ4n) is 5.94. The molecule has 1 aromatic heterocycles. The van der Waals surface area contributed by atoms with Gasteiger partial charge < -0.3 is 15.0 Å². The van der Waals surface area contributed by atoms with Crippen molar-refractivity contribution in [3.8, 4) is 16.9 Å². The molecule has 0 unspecified atom stereocenters. The van der Waals surface area contributed by atoms with E-state index in [4.69, 9.17) is 44.1 Å². The average Bonchev–Trinajstić information content (AvgIpc) is 3.68. The number of amides is 2. The Balaban J connectivity index is 1.11. The molecule has 1 saturated carbocycles. The van der Waals surface area contributed by atoms with Crippen molar-refractivity contribution < 1.29 is 27.3 Å². The summed E-state index contributed by atoms with van der Waals surface area (Å²) in [6, 6.07) is 16.1. The molecule has 1 fully saturated rings. The SMILES string of the molecule is O=C(NCCS(=O)(=O)O)c1cccc(Cn2cc(-c3cccc4c3[C@H]3C[C@H]3CN4C(=O)CCCOc3cc(Cl)c(Cl)cc3Cl)cn2)c1. The molecule has 3 aromatic carbocycles. The van der Waals surface area contributed by atoms with Gasteiger partial charge in [0.1, 0.15) is 5.75 Å². The normalized spacial score (nSPS) is 16.7. The molecule has 1 aliphatic carbocycles. The number of hydrogen-bond donors (Lipinski definition) is 2. The van der Waals surface area contributed by atoms with Crippen LogP contribution in [0.5, 0.6) is 5.75 Å². The van der Waals surface area contributed by atoms with Crippen molar-refractivity contribution in [1.82, 2.24) is 15.1 Å². The zero-order chi connectivity index (χ0) is 33.3. The highest BCUT2D eigenvalue weighted by Crippen LogP contribution is 2.57. The number of nitrogens with zero attached hydrogens (tertiary/aromatic N) is 3. The second kappa shape index (κ2) is 13.9. The fourth-order valence-corrected chi connectivity index (χ4v) is 6.89. The molecule has 0 radical (unpaired) electrons. The number of ether oxygens (including phenoxy) is 1. The molecule has 2 amide bonds. The van der Waals surface area contributed by atoms with E-state index < -0.39 is 21.8 Å². The Bertz CT molecular complexity index is 1950. The lowest BCUT2D eigenvalue weighted by Crippen LogP contribution is -2.36. The predicted octanol–water partition coefficient (Wildman–Crippen LogP) is 6.49. The molecule has 0 spiro atoms. The van der Waals surface area contributed by atoms with Crippen molar-refractivity contribution in [3.63, 3.8) is 0 Å². The molecule has 246 valence electrons. The van der Waals surface area contributed by atoms with Gasteiger partial charge in [0.2, 0.25) is 5.91 Å². The molecule has 0 saturated heterocycles. The number of carbonyl (C=O) groups is 2. The second-order valence-electron chi connectivity index (χ2n) is 11.7. The third kappa shape index (κ3) is 7.93. The maximum absolute atomic E-state index is 13.5.